The molecule has 0 aliphatic carbocycles. The first-order valence-electron chi connectivity index (χ1n) is 8.30. The van der Waals surface area contributed by atoms with E-state index in [4.69, 9.17) is 11.6 Å². The van der Waals surface area contributed by atoms with Crippen molar-refractivity contribution in [2.45, 2.75) is 32.9 Å². The molecule has 2 rings (SSSR count). The van der Waals surface area contributed by atoms with Crippen LogP contribution in [0, 0.1) is 6.92 Å². The zero-order chi connectivity index (χ0) is 19.3. The van der Waals surface area contributed by atoms with Crippen molar-refractivity contribution in [3.63, 3.8) is 0 Å². The lowest BCUT2D eigenvalue weighted by atomic mass is 10.1. The molecule has 26 heavy (non-hydrogen) atoms. The lowest BCUT2D eigenvalue weighted by Crippen LogP contribution is -2.49. The minimum atomic E-state index is -3.65. The molecule has 2 aromatic carbocycles. The number of carbonyl (C=O) groups is 1. The molecule has 0 aliphatic heterocycles. The topological polar surface area (TPSA) is 66.5 Å². The van der Waals surface area contributed by atoms with E-state index in [1.54, 1.807) is 31.2 Å². The van der Waals surface area contributed by atoms with Gasteiger partial charge in [0.05, 0.1) is 11.9 Å². The zero-order valence-electron chi connectivity index (χ0n) is 15.1. The number of carbonyl (C=O) groups excluding carboxylic acids is 1. The molecule has 0 radical (unpaired) electrons. The van der Waals surface area contributed by atoms with E-state index >= 15 is 0 Å². The first-order chi connectivity index (χ1) is 12.2. The molecule has 0 saturated heterocycles. The van der Waals surface area contributed by atoms with E-state index in [9.17, 15) is 13.2 Å². The van der Waals surface area contributed by atoms with Gasteiger partial charge in [-0.25, -0.2) is 8.42 Å². The molecular formula is C19H23ClN2O3S. The van der Waals surface area contributed by atoms with Crippen LogP contribution in [0.15, 0.2) is 48.5 Å². The molecule has 5 nitrogen and oxygen atoms in total. The van der Waals surface area contributed by atoms with Crippen LogP contribution in [-0.2, 0) is 21.4 Å². The van der Waals surface area contributed by atoms with Crippen molar-refractivity contribution in [1.29, 1.82) is 0 Å². The minimum Gasteiger partial charge on any atom is -0.350 e. The molecule has 0 aliphatic rings. The Labute approximate surface area is 160 Å². The van der Waals surface area contributed by atoms with Gasteiger partial charge in [-0.3, -0.25) is 9.10 Å². The number of sulfonamides is 1. The lowest BCUT2D eigenvalue weighted by molar-refractivity contribution is -0.122. The highest BCUT2D eigenvalue weighted by atomic mass is 35.5. The number of nitrogens with zero attached hydrogens (tertiary/aromatic N) is 1. The fraction of sp³-hybridized carbons (Fsp3) is 0.316. The number of aryl methyl sites for hydroxylation is 1. The predicted octanol–water partition coefficient (Wildman–Crippen LogP) is 3.51. The minimum absolute atomic E-state index is 0.339. The summed E-state index contributed by atoms with van der Waals surface area (Å²) in [5.41, 5.74) is 2.50. The highest BCUT2D eigenvalue weighted by Gasteiger charge is 2.31. The van der Waals surface area contributed by atoms with Crippen LogP contribution in [0.1, 0.15) is 24.5 Å². The van der Waals surface area contributed by atoms with Crippen molar-refractivity contribution in [2.24, 2.45) is 0 Å². The van der Waals surface area contributed by atoms with Gasteiger partial charge in [-0.05, 0) is 43.2 Å². The third-order valence-corrected chi connectivity index (χ3v) is 5.43. The number of halogens is 1. The van der Waals surface area contributed by atoms with Crippen LogP contribution in [0.25, 0.3) is 0 Å². The van der Waals surface area contributed by atoms with Gasteiger partial charge in [-0.15, -0.1) is 0 Å². The van der Waals surface area contributed by atoms with E-state index in [0.717, 1.165) is 21.7 Å². The van der Waals surface area contributed by atoms with Crippen molar-refractivity contribution in [3.05, 3.63) is 64.7 Å². The fourth-order valence-corrected chi connectivity index (χ4v) is 4.00. The predicted molar refractivity (Wildman–Crippen MR) is 106 cm³/mol. The number of anilines is 1. The van der Waals surface area contributed by atoms with Crippen LogP contribution in [0.2, 0.25) is 5.02 Å². The highest BCUT2D eigenvalue weighted by molar-refractivity contribution is 7.92. The van der Waals surface area contributed by atoms with E-state index in [0.29, 0.717) is 23.7 Å². The van der Waals surface area contributed by atoms with Crippen molar-refractivity contribution in [2.75, 3.05) is 10.6 Å². The summed E-state index contributed by atoms with van der Waals surface area (Å²) in [7, 11) is -3.65. The molecule has 1 atom stereocenters. The molecule has 0 aromatic heterocycles. The van der Waals surface area contributed by atoms with Crippen molar-refractivity contribution >= 4 is 33.2 Å². The largest absolute Gasteiger partial charge is 0.350 e. The summed E-state index contributed by atoms with van der Waals surface area (Å²) < 4.78 is 25.8. The molecule has 7 heteroatoms. The van der Waals surface area contributed by atoms with Crippen molar-refractivity contribution in [1.82, 2.24) is 5.32 Å². The average molecular weight is 395 g/mol. The standard InChI is InChI=1S/C19H23ClN2O3S/c1-4-18(19(23)21-13-15-7-5-14(2)6-8-15)22(26(3,24)25)17-11-9-16(20)10-12-17/h5-12,18H,4,13H2,1-3H3,(H,21,23). The Bertz CT molecular complexity index is 849. The quantitative estimate of drug-likeness (QED) is 0.781. The van der Waals surface area contributed by atoms with Gasteiger partial charge in [-0.2, -0.15) is 0 Å². The number of nitrogens with one attached hydrogen (secondary N) is 1. The van der Waals surface area contributed by atoms with Gasteiger partial charge in [0.1, 0.15) is 6.04 Å². The summed E-state index contributed by atoms with van der Waals surface area (Å²) in [6.45, 7) is 4.11. The molecule has 1 amide bonds. The summed E-state index contributed by atoms with van der Waals surface area (Å²) in [4.78, 5) is 12.7. The highest BCUT2D eigenvalue weighted by Crippen LogP contribution is 2.24. The van der Waals surface area contributed by atoms with Gasteiger partial charge in [0.2, 0.25) is 15.9 Å². The molecule has 140 valence electrons. The SMILES string of the molecule is CCC(C(=O)NCc1ccc(C)cc1)N(c1ccc(Cl)cc1)S(C)(=O)=O. The molecule has 1 unspecified atom stereocenters. The second-order valence-electron chi connectivity index (χ2n) is 6.16. The van der Waals surface area contributed by atoms with Gasteiger partial charge in [0.25, 0.3) is 0 Å². The number of benzene rings is 2. The zero-order valence-corrected chi connectivity index (χ0v) is 16.6. The maximum absolute atomic E-state index is 12.7. The first-order valence-corrected chi connectivity index (χ1v) is 10.5. The summed E-state index contributed by atoms with van der Waals surface area (Å²) in [5.74, 6) is -0.339. The van der Waals surface area contributed by atoms with Crippen LogP contribution < -0.4 is 9.62 Å². The van der Waals surface area contributed by atoms with Gasteiger partial charge in [0, 0.05) is 11.6 Å². The molecule has 0 saturated carbocycles. The Hall–Kier alpha value is -2.05. The Morgan fingerprint density at radius 3 is 2.19 bits per heavy atom. The Morgan fingerprint density at radius 2 is 1.69 bits per heavy atom. The normalized spacial score (nSPS) is 12.5. The number of amides is 1. The third-order valence-electron chi connectivity index (χ3n) is 4.00. The molecule has 1 N–H and O–H groups in total. The summed E-state index contributed by atoms with van der Waals surface area (Å²) in [6.07, 6.45) is 1.44. The van der Waals surface area contributed by atoms with E-state index in [-0.39, 0.29) is 5.91 Å². The van der Waals surface area contributed by atoms with Gasteiger partial charge >= 0.3 is 0 Å². The average Bonchev–Trinajstić information content (AvgIpc) is 2.59. The second-order valence-corrected chi connectivity index (χ2v) is 8.46. The summed E-state index contributed by atoms with van der Waals surface area (Å²) in [5, 5.41) is 3.33. The fourth-order valence-electron chi connectivity index (χ4n) is 2.66. The smallest absolute Gasteiger partial charge is 0.244 e. The van der Waals surface area contributed by atoms with Crippen LogP contribution in [-0.4, -0.2) is 26.6 Å². The van der Waals surface area contributed by atoms with Gasteiger partial charge in [-0.1, -0.05) is 48.4 Å². The molecule has 0 spiro atoms. The molecule has 2 aromatic rings. The molecule has 0 bridgehead atoms. The van der Waals surface area contributed by atoms with Crippen LogP contribution in [0.5, 0.6) is 0 Å². The lowest BCUT2D eigenvalue weighted by Gasteiger charge is -2.30. The molecular weight excluding hydrogens is 372 g/mol. The number of hydrogen-bond acceptors (Lipinski definition) is 3. The van der Waals surface area contributed by atoms with Crippen molar-refractivity contribution in [3.8, 4) is 0 Å². The molecule has 0 fully saturated rings. The Kier molecular flexibility index (Phi) is 6.67. The third kappa shape index (κ3) is 5.22. The van der Waals surface area contributed by atoms with Crippen molar-refractivity contribution < 1.29 is 13.2 Å². The second kappa shape index (κ2) is 8.56. The van der Waals surface area contributed by atoms with E-state index in [2.05, 4.69) is 5.32 Å². The summed E-state index contributed by atoms with van der Waals surface area (Å²) in [6, 6.07) is 13.4. The first kappa shape index (κ1) is 20.3. The van der Waals surface area contributed by atoms with E-state index in [1.165, 1.54) is 0 Å². The molecule has 0 heterocycles. The van der Waals surface area contributed by atoms with Gasteiger partial charge < -0.3 is 5.32 Å². The Morgan fingerprint density at radius 1 is 1.12 bits per heavy atom. The monoisotopic (exact) mass is 394 g/mol. The van der Waals surface area contributed by atoms with Crippen LogP contribution in [0.3, 0.4) is 0 Å². The maximum Gasteiger partial charge on any atom is 0.244 e. The summed E-state index contributed by atoms with van der Waals surface area (Å²) >= 11 is 5.89. The van der Waals surface area contributed by atoms with E-state index in [1.807, 2.05) is 31.2 Å². The number of hydrogen-bond donors (Lipinski definition) is 1. The maximum atomic E-state index is 12.7. The number of rotatable bonds is 7. The van der Waals surface area contributed by atoms with E-state index < -0.39 is 16.1 Å². The van der Waals surface area contributed by atoms with Crippen LogP contribution in [0.4, 0.5) is 5.69 Å². The Balaban J connectivity index is 2.22. The van der Waals surface area contributed by atoms with Gasteiger partial charge in [0.15, 0.2) is 0 Å². The van der Waals surface area contributed by atoms with Crippen LogP contribution >= 0.6 is 11.6 Å².